The Morgan fingerprint density at radius 1 is 1.29 bits per heavy atom. The Hall–Kier alpha value is -0.410. The maximum absolute atomic E-state index is 12.0. The number of likely N-dealkylation sites (tertiary alicyclic amines) is 1. The second kappa shape index (κ2) is 5.96. The molecule has 17 heavy (non-hydrogen) atoms. The first-order valence-corrected chi connectivity index (χ1v) is 7.13. The number of hydrogen-bond donors (Lipinski definition) is 1. The van der Waals surface area contributed by atoms with Crippen molar-refractivity contribution < 1.29 is 9.90 Å². The van der Waals surface area contributed by atoms with Gasteiger partial charge in [-0.25, -0.2) is 0 Å². The maximum atomic E-state index is 12.0. The molecular weight excluding hydrogens is 214 g/mol. The molecule has 1 aliphatic heterocycles. The molecule has 98 valence electrons. The van der Waals surface area contributed by atoms with E-state index in [4.69, 9.17) is 0 Å². The summed E-state index contributed by atoms with van der Waals surface area (Å²) < 4.78 is 0. The number of piperidine rings is 1. The zero-order valence-corrected chi connectivity index (χ0v) is 10.9. The molecule has 0 amide bonds. The highest BCUT2D eigenvalue weighted by Gasteiger charge is 2.35. The van der Waals surface area contributed by atoms with E-state index >= 15 is 0 Å². The number of aliphatic hydroxyl groups excluding tert-OH is 1. The molecule has 3 heteroatoms. The quantitative estimate of drug-likeness (QED) is 0.818. The van der Waals surface area contributed by atoms with Crippen molar-refractivity contribution in [3.05, 3.63) is 0 Å². The van der Waals surface area contributed by atoms with Gasteiger partial charge in [-0.15, -0.1) is 0 Å². The third-order valence-electron chi connectivity index (χ3n) is 4.23. The number of nitrogens with zero attached hydrogens (tertiary/aromatic N) is 1. The molecule has 0 aromatic heterocycles. The van der Waals surface area contributed by atoms with Gasteiger partial charge in [-0.2, -0.15) is 0 Å². The molecule has 1 saturated carbocycles. The Morgan fingerprint density at radius 2 is 2.06 bits per heavy atom. The molecule has 1 aliphatic carbocycles. The number of β-amino-alcohol motifs (C(OH)–C–C–N with tert-alkyl or cyclic N) is 1. The largest absolute Gasteiger partial charge is 0.392 e. The summed E-state index contributed by atoms with van der Waals surface area (Å²) in [4.78, 5) is 14.4. The van der Waals surface area contributed by atoms with Gasteiger partial charge in [-0.1, -0.05) is 12.8 Å². The minimum atomic E-state index is -0.283. The Morgan fingerprint density at radius 3 is 2.76 bits per heavy atom. The normalized spacial score (nSPS) is 33.6. The fourth-order valence-corrected chi connectivity index (χ4v) is 3.46. The smallest absolute Gasteiger partial charge is 0.137 e. The second-order valence-electron chi connectivity index (χ2n) is 5.73. The molecule has 1 heterocycles. The predicted octanol–water partition coefficient (Wildman–Crippen LogP) is 1.98. The zero-order chi connectivity index (χ0) is 12.3. The van der Waals surface area contributed by atoms with E-state index in [-0.39, 0.29) is 12.0 Å². The van der Waals surface area contributed by atoms with Crippen LogP contribution in [0.25, 0.3) is 0 Å². The highest BCUT2D eigenvalue weighted by Crippen LogP contribution is 2.31. The lowest BCUT2D eigenvalue weighted by Gasteiger charge is -2.41. The van der Waals surface area contributed by atoms with Gasteiger partial charge in [0.1, 0.15) is 5.78 Å². The van der Waals surface area contributed by atoms with Gasteiger partial charge in [-0.3, -0.25) is 9.69 Å². The van der Waals surface area contributed by atoms with Crippen LogP contribution in [0.3, 0.4) is 0 Å². The van der Waals surface area contributed by atoms with Crippen molar-refractivity contribution in [3.8, 4) is 0 Å². The molecular formula is C14H25NO2. The summed E-state index contributed by atoms with van der Waals surface area (Å²) in [5.41, 5.74) is 0. The summed E-state index contributed by atoms with van der Waals surface area (Å²) in [5.74, 6) is 0.724. The molecule has 2 aliphatic rings. The lowest BCUT2D eigenvalue weighted by Crippen LogP contribution is -2.49. The van der Waals surface area contributed by atoms with Crippen LogP contribution in [-0.4, -0.2) is 41.0 Å². The number of hydrogen-bond acceptors (Lipinski definition) is 3. The van der Waals surface area contributed by atoms with Crippen molar-refractivity contribution in [2.45, 2.75) is 64.0 Å². The van der Waals surface area contributed by atoms with Gasteiger partial charge in [0.05, 0.1) is 6.10 Å². The van der Waals surface area contributed by atoms with Gasteiger partial charge < -0.3 is 5.11 Å². The molecule has 3 atom stereocenters. The molecule has 2 fully saturated rings. The van der Waals surface area contributed by atoms with Crippen LogP contribution in [0.4, 0.5) is 0 Å². The molecule has 0 spiro atoms. The average Bonchev–Trinajstić information content (AvgIpc) is 2.30. The second-order valence-corrected chi connectivity index (χ2v) is 5.73. The van der Waals surface area contributed by atoms with Crippen molar-refractivity contribution in [2.75, 3.05) is 13.1 Å². The molecule has 0 aromatic carbocycles. The topological polar surface area (TPSA) is 40.5 Å². The SMILES string of the molecule is CC(O)CN1CCCCC1C1CCCCC1=O. The van der Waals surface area contributed by atoms with Crippen LogP contribution in [0.2, 0.25) is 0 Å². The Balaban J connectivity index is 2.01. The van der Waals surface area contributed by atoms with E-state index in [2.05, 4.69) is 4.90 Å². The van der Waals surface area contributed by atoms with Crippen LogP contribution >= 0.6 is 0 Å². The lowest BCUT2D eigenvalue weighted by molar-refractivity contribution is -0.128. The van der Waals surface area contributed by atoms with Gasteiger partial charge in [0, 0.05) is 24.9 Å². The fourth-order valence-electron chi connectivity index (χ4n) is 3.46. The number of rotatable bonds is 3. The van der Waals surface area contributed by atoms with Crippen LogP contribution in [-0.2, 0) is 4.79 Å². The molecule has 3 unspecified atom stereocenters. The summed E-state index contributed by atoms with van der Waals surface area (Å²) >= 11 is 0. The first kappa shape index (κ1) is 13.0. The molecule has 2 rings (SSSR count). The van der Waals surface area contributed by atoms with Crippen LogP contribution in [0, 0.1) is 5.92 Å². The molecule has 0 aromatic rings. The molecule has 1 saturated heterocycles. The van der Waals surface area contributed by atoms with Crippen LogP contribution in [0.5, 0.6) is 0 Å². The molecule has 3 nitrogen and oxygen atoms in total. The number of Topliss-reactive ketones (excluding diaryl/α,β-unsaturated/α-hetero) is 1. The van der Waals surface area contributed by atoms with Gasteiger partial charge in [0.25, 0.3) is 0 Å². The Bertz CT molecular complexity index is 265. The highest BCUT2D eigenvalue weighted by molar-refractivity contribution is 5.82. The van der Waals surface area contributed by atoms with E-state index in [1.54, 1.807) is 0 Å². The van der Waals surface area contributed by atoms with E-state index in [0.717, 1.165) is 38.8 Å². The van der Waals surface area contributed by atoms with E-state index in [0.29, 0.717) is 11.8 Å². The maximum Gasteiger partial charge on any atom is 0.137 e. The zero-order valence-electron chi connectivity index (χ0n) is 10.9. The minimum absolute atomic E-state index is 0.253. The van der Waals surface area contributed by atoms with Crippen molar-refractivity contribution in [3.63, 3.8) is 0 Å². The van der Waals surface area contributed by atoms with Gasteiger partial charge in [0.2, 0.25) is 0 Å². The first-order valence-electron chi connectivity index (χ1n) is 7.13. The summed E-state index contributed by atoms with van der Waals surface area (Å²) in [5, 5.41) is 9.56. The highest BCUT2D eigenvalue weighted by atomic mass is 16.3. The lowest BCUT2D eigenvalue weighted by atomic mass is 9.79. The van der Waals surface area contributed by atoms with Crippen LogP contribution in [0.15, 0.2) is 0 Å². The average molecular weight is 239 g/mol. The third kappa shape index (κ3) is 3.29. The third-order valence-corrected chi connectivity index (χ3v) is 4.23. The molecule has 1 N–H and O–H groups in total. The fraction of sp³-hybridized carbons (Fsp3) is 0.929. The monoisotopic (exact) mass is 239 g/mol. The number of ketones is 1. The summed E-state index contributed by atoms with van der Waals surface area (Å²) in [6.07, 6.45) is 7.45. The van der Waals surface area contributed by atoms with Crippen molar-refractivity contribution in [2.24, 2.45) is 5.92 Å². The van der Waals surface area contributed by atoms with E-state index in [1.807, 2.05) is 6.92 Å². The van der Waals surface area contributed by atoms with Crippen molar-refractivity contribution in [1.82, 2.24) is 4.90 Å². The Labute approximate surface area is 104 Å². The van der Waals surface area contributed by atoms with E-state index in [9.17, 15) is 9.90 Å². The van der Waals surface area contributed by atoms with Crippen molar-refractivity contribution >= 4 is 5.78 Å². The number of carbonyl (C=O) groups excluding carboxylic acids is 1. The number of carbonyl (C=O) groups is 1. The van der Waals surface area contributed by atoms with Gasteiger partial charge in [0.15, 0.2) is 0 Å². The molecule has 0 bridgehead atoms. The summed E-state index contributed by atoms with van der Waals surface area (Å²) in [6, 6.07) is 0.408. The van der Waals surface area contributed by atoms with Crippen molar-refractivity contribution in [1.29, 1.82) is 0 Å². The minimum Gasteiger partial charge on any atom is -0.392 e. The summed E-state index contributed by atoms with van der Waals surface area (Å²) in [6.45, 7) is 3.63. The molecule has 0 radical (unpaired) electrons. The standard InChI is InChI=1S/C14H25NO2/c1-11(16)10-15-9-5-4-7-13(15)12-6-2-3-8-14(12)17/h11-13,16H,2-10H2,1H3. The summed E-state index contributed by atoms with van der Waals surface area (Å²) in [7, 11) is 0. The Kier molecular flexibility index (Phi) is 4.57. The van der Waals surface area contributed by atoms with Crippen LogP contribution in [0.1, 0.15) is 51.9 Å². The first-order chi connectivity index (χ1) is 8.18. The van der Waals surface area contributed by atoms with E-state index < -0.39 is 0 Å². The van der Waals surface area contributed by atoms with Crippen LogP contribution < -0.4 is 0 Å². The predicted molar refractivity (Wildman–Crippen MR) is 67.9 cm³/mol. The number of aliphatic hydroxyl groups is 1. The van der Waals surface area contributed by atoms with Gasteiger partial charge >= 0.3 is 0 Å². The van der Waals surface area contributed by atoms with Gasteiger partial charge in [-0.05, 0) is 39.2 Å². The van der Waals surface area contributed by atoms with E-state index in [1.165, 1.54) is 19.3 Å².